The van der Waals surface area contributed by atoms with Crippen molar-refractivity contribution in [2.24, 2.45) is 0 Å². The molecule has 172 valence electrons. The molecular formula is C29H34N2O2. The molecule has 0 spiro atoms. The van der Waals surface area contributed by atoms with Crippen LogP contribution in [0.4, 0.5) is 5.69 Å². The minimum atomic E-state index is -0.0926. The average Bonchev–Trinajstić information content (AvgIpc) is 2.83. The van der Waals surface area contributed by atoms with Crippen molar-refractivity contribution in [3.8, 4) is 0 Å². The molecule has 33 heavy (non-hydrogen) atoms. The van der Waals surface area contributed by atoms with Crippen molar-refractivity contribution in [1.29, 1.82) is 0 Å². The lowest BCUT2D eigenvalue weighted by molar-refractivity contribution is -0.121. The first kappa shape index (κ1) is 25.6. The van der Waals surface area contributed by atoms with E-state index in [1.165, 1.54) is 11.1 Å². The van der Waals surface area contributed by atoms with E-state index in [0.717, 1.165) is 29.7 Å². The minimum Gasteiger partial charge on any atom is -0.356 e. The Morgan fingerprint density at radius 2 is 1.58 bits per heavy atom. The van der Waals surface area contributed by atoms with Crippen molar-refractivity contribution in [3.63, 3.8) is 0 Å². The molecule has 0 aliphatic carbocycles. The number of hydrogen-bond acceptors (Lipinski definition) is 2. The van der Waals surface area contributed by atoms with E-state index in [1.807, 2.05) is 42.5 Å². The van der Waals surface area contributed by atoms with Crippen molar-refractivity contribution in [3.05, 3.63) is 108 Å². The molecule has 0 aliphatic heterocycles. The highest BCUT2D eigenvalue weighted by molar-refractivity contribution is 5.91. The third kappa shape index (κ3) is 10.0. The summed E-state index contributed by atoms with van der Waals surface area (Å²) >= 11 is 0. The van der Waals surface area contributed by atoms with Crippen molar-refractivity contribution < 1.29 is 9.59 Å². The Kier molecular flexibility index (Phi) is 11.2. The molecule has 0 saturated carbocycles. The molecule has 4 nitrogen and oxygen atoms in total. The van der Waals surface area contributed by atoms with Gasteiger partial charge < -0.3 is 10.6 Å². The molecule has 0 heterocycles. The number of hydrogen-bond donors (Lipinski definition) is 2. The van der Waals surface area contributed by atoms with Crippen LogP contribution in [-0.2, 0) is 22.4 Å². The van der Waals surface area contributed by atoms with Crippen LogP contribution in [0.1, 0.15) is 42.9 Å². The summed E-state index contributed by atoms with van der Waals surface area (Å²) in [6, 6.07) is 16.1. The largest absolute Gasteiger partial charge is 0.356 e. The average molecular weight is 443 g/mol. The second-order valence-corrected chi connectivity index (χ2v) is 7.73. The van der Waals surface area contributed by atoms with Crippen LogP contribution in [0.3, 0.4) is 0 Å². The van der Waals surface area contributed by atoms with Gasteiger partial charge in [0.1, 0.15) is 0 Å². The van der Waals surface area contributed by atoms with Gasteiger partial charge in [0.2, 0.25) is 11.8 Å². The van der Waals surface area contributed by atoms with Crippen LogP contribution in [0.5, 0.6) is 0 Å². The Labute approximate surface area is 197 Å². The summed E-state index contributed by atoms with van der Waals surface area (Å²) in [4.78, 5) is 24.2. The van der Waals surface area contributed by atoms with Gasteiger partial charge in [0, 0.05) is 25.1 Å². The van der Waals surface area contributed by atoms with E-state index in [9.17, 15) is 9.59 Å². The summed E-state index contributed by atoms with van der Waals surface area (Å²) in [6.07, 6.45) is 12.3. The Bertz CT molecular complexity index is 983. The molecule has 0 fully saturated rings. The molecule has 2 amide bonds. The first-order valence-electron chi connectivity index (χ1n) is 11.4. The fourth-order valence-electron chi connectivity index (χ4n) is 3.21. The monoisotopic (exact) mass is 442 g/mol. The lowest BCUT2D eigenvalue weighted by Gasteiger charge is -2.07. The number of amides is 2. The third-order valence-corrected chi connectivity index (χ3v) is 5.18. The van der Waals surface area contributed by atoms with Gasteiger partial charge in [-0.05, 0) is 53.7 Å². The fourth-order valence-corrected chi connectivity index (χ4v) is 3.21. The number of carbonyl (C=O) groups excluding carboxylic acids is 2. The molecule has 0 aliphatic rings. The van der Waals surface area contributed by atoms with E-state index < -0.39 is 0 Å². The molecule has 0 saturated heterocycles. The summed E-state index contributed by atoms with van der Waals surface area (Å²) in [5.41, 5.74) is 5.25. The van der Waals surface area contributed by atoms with Gasteiger partial charge in [-0.15, -0.1) is 0 Å². The van der Waals surface area contributed by atoms with Crippen molar-refractivity contribution >= 4 is 23.6 Å². The van der Waals surface area contributed by atoms with Crippen LogP contribution in [0.15, 0.2) is 91.6 Å². The molecule has 2 N–H and O–H groups in total. The van der Waals surface area contributed by atoms with E-state index in [4.69, 9.17) is 0 Å². The number of nitrogens with one attached hydrogen (secondary N) is 2. The Morgan fingerprint density at radius 3 is 2.21 bits per heavy atom. The fraction of sp³-hybridized carbons (Fsp3) is 0.241. The highest BCUT2D eigenvalue weighted by Crippen LogP contribution is 2.13. The van der Waals surface area contributed by atoms with Gasteiger partial charge in [-0.2, -0.15) is 0 Å². The van der Waals surface area contributed by atoms with E-state index in [1.54, 1.807) is 12.2 Å². The number of carbonyl (C=O) groups is 2. The zero-order valence-corrected chi connectivity index (χ0v) is 19.5. The van der Waals surface area contributed by atoms with Crippen molar-refractivity contribution in [1.82, 2.24) is 5.32 Å². The maximum atomic E-state index is 12.2. The second-order valence-electron chi connectivity index (χ2n) is 7.73. The van der Waals surface area contributed by atoms with E-state index in [-0.39, 0.29) is 11.8 Å². The third-order valence-electron chi connectivity index (χ3n) is 5.18. The smallest absolute Gasteiger partial charge is 0.224 e. The predicted molar refractivity (Wildman–Crippen MR) is 139 cm³/mol. The maximum Gasteiger partial charge on any atom is 0.224 e. The summed E-state index contributed by atoms with van der Waals surface area (Å²) in [6.45, 7) is 10.2. The first-order chi connectivity index (χ1) is 16.0. The number of allylic oxidation sites excluding steroid dienone is 5. The molecule has 0 aromatic heterocycles. The SMILES string of the molecule is C=C/C=C(C=C)/C=C/c1ccc(NC(=O)CCCC(=O)NCCc2ccc(CC)cc2)cc1. The summed E-state index contributed by atoms with van der Waals surface area (Å²) < 4.78 is 0. The lowest BCUT2D eigenvalue weighted by atomic mass is 10.1. The molecule has 0 unspecified atom stereocenters. The van der Waals surface area contributed by atoms with Crippen LogP contribution in [0.25, 0.3) is 6.08 Å². The Morgan fingerprint density at radius 1 is 0.909 bits per heavy atom. The van der Waals surface area contributed by atoms with Crippen LogP contribution >= 0.6 is 0 Å². The van der Waals surface area contributed by atoms with Crippen LogP contribution in [0.2, 0.25) is 0 Å². The van der Waals surface area contributed by atoms with E-state index in [0.29, 0.717) is 25.8 Å². The summed E-state index contributed by atoms with van der Waals surface area (Å²) in [5, 5.41) is 5.81. The zero-order valence-electron chi connectivity index (χ0n) is 19.5. The number of anilines is 1. The van der Waals surface area contributed by atoms with Crippen LogP contribution < -0.4 is 10.6 Å². The molecule has 0 atom stereocenters. The lowest BCUT2D eigenvalue weighted by Crippen LogP contribution is -2.25. The molecule has 0 radical (unpaired) electrons. The molecule has 2 rings (SSSR count). The molecular weight excluding hydrogens is 408 g/mol. The van der Waals surface area contributed by atoms with Gasteiger partial charge in [0.05, 0.1) is 0 Å². The topological polar surface area (TPSA) is 58.2 Å². The Balaban J connectivity index is 1.66. The first-order valence-corrected chi connectivity index (χ1v) is 11.4. The van der Waals surface area contributed by atoms with Gasteiger partial charge in [0.25, 0.3) is 0 Å². The normalized spacial score (nSPS) is 11.2. The highest BCUT2D eigenvalue weighted by atomic mass is 16.2. The van der Waals surface area contributed by atoms with Crippen LogP contribution in [-0.4, -0.2) is 18.4 Å². The van der Waals surface area contributed by atoms with E-state index in [2.05, 4.69) is 55.0 Å². The molecule has 4 heteroatoms. The van der Waals surface area contributed by atoms with Gasteiger partial charge in [-0.25, -0.2) is 0 Å². The van der Waals surface area contributed by atoms with Gasteiger partial charge in [0.15, 0.2) is 0 Å². The van der Waals surface area contributed by atoms with Crippen molar-refractivity contribution in [2.75, 3.05) is 11.9 Å². The zero-order chi connectivity index (χ0) is 23.9. The molecule has 2 aromatic rings. The number of aryl methyl sites for hydroxylation is 1. The van der Waals surface area contributed by atoms with Crippen molar-refractivity contribution in [2.45, 2.75) is 39.0 Å². The quantitative estimate of drug-likeness (QED) is 0.372. The second kappa shape index (κ2) is 14.4. The number of benzene rings is 2. The molecule has 0 bridgehead atoms. The van der Waals surface area contributed by atoms with Gasteiger partial charge in [-0.1, -0.05) is 86.9 Å². The highest BCUT2D eigenvalue weighted by Gasteiger charge is 2.06. The predicted octanol–water partition coefficient (Wildman–Crippen LogP) is 6.03. The Hall–Kier alpha value is -3.66. The number of rotatable bonds is 13. The van der Waals surface area contributed by atoms with Gasteiger partial charge >= 0.3 is 0 Å². The summed E-state index contributed by atoms with van der Waals surface area (Å²) in [5.74, 6) is -0.113. The standard InChI is InChI=1S/C29H34N2O2/c1-4-8-23(5-2)11-14-25-17-19-27(20-18-25)31-29(33)10-7-9-28(32)30-22-21-26-15-12-24(6-3)13-16-26/h4-5,8,11-20H,1-2,6-7,9-10,21-22H2,3H3,(H,30,32)(H,31,33)/b14-11+,23-8+. The summed E-state index contributed by atoms with van der Waals surface area (Å²) in [7, 11) is 0. The molecule has 2 aromatic carbocycles. The maximum absolute atomic E-state index is 12.2. The van der Waals surface area contributed by atoms with Crippen LogP contribution in [0, 0.1) is 0 Å². The minimum absolute atomic E-state index is 0.0199. The van der Waals surface area contributed by atoms with E-state index >= 15 is 0 Å². The van der Waals surface area contributed by atoms with Gasteiger partial charge in [-0.3, -0.25) is 9.59 Å².